The van der Waals surface area contributed by atoms with E-state index >= 15 is 0 Å². The van der Waals surface area contributed by atoms with Crippen molar-refractivity contribution in [3.63, 3.8) is 0 Å². The molecule has 3 N–H and O–H groups in total. The topological polar surface area (TPSA) is 79.5 Å². The summed E-state index contributed by atoms with van der Waals surface area (Å²) in [7, 11) is 1.89. The van der Waals surface area contributed by atoms with E-state index in [-0.39, 0.29) is 11.7 Å². The fourth-order valence-electron chi connectivity index (χ4n) is 1.91. The van der Waals surface area contributed by atoms with Crippen LogP contribution in [0.15, 0.2) is 12.1 Å². The second kappa shape index (κ2) is 5.71. The smallest absolute Gasteiger partial charge is 0.354 e. The number of pyridine rings is 1. The van der Waals surface area contributed by atoms with Crippen LogP contribution in [0.4, 0.5) is 11.5 Å². The quantitative estimate of drug-likeness (QED) is 0.839. The average molecular weight is 251 g/mol. The van der Waals surface area contributed by atoms with Crippen LogP contribution in [0.2, 0.25) is 0 Å². The van der Waals surface area contributed by atoms with Gasteiger partial charge in [-0.3, -0.25) is 0 Å². The van der Waals surface area contributed by atoms with E-state index < -0.39 is 5.97 Å². The zero-order chi connectivity index (χ0) is 13.9. The number of nitrogen functional groups attached to an aromatic ring is 1. The van der Waals surface area contributed by atoms with Gasteiger partial charge in [-0.25, -0.2) is 9.78 Å². The molecule has 1 atom stereocenters. The summed E-state index contributed by atoms with van der Waals surface area (Å²) in [5.41, 5.74) is 6.38. The molecule has 100 valence electrons. The molecule has 1 rings (SSSR count). The molecule has 0 saturated carbocycles. The lowest BCUT2D eigenvalue weighted by Gasteiger charge is -2.28. The van der Waals surface area contributed by atoms with E-state index in [9.17, 15) is 4.79 Å². The lowest BCUT2D eigenvalue weighted by Crippen LogP contribution is -2.31. The summed E-state index contributed by atoms with van der Waals surface area (Å²) in [6, 6.07) is 3.26. The summed E-state index contributed by atoms with van der Waals surface area (Å²) in [6.45, 7) is 6.37. The molecule has 1 unspecified atom stereocenters. The van der Waals surface area contributed by atoms with E-state index in [0.29, 0.717) is 17.4 Å². The van der Waals surface area contributed by atoms with E-state index in [1.54, 1.807) is 6.07 Å². The van der Waals surface area contributed by atoms with Crippen LogP contribution in [-0.2, 0) is 0 Å². The number of anilines is 2. The Kier molecular flexibility index (Phi) is 4.53. The molecular formula is C13H21N3O2. The lowest BCUT2D eigenvalue weighted by atomic mass is 10.0. The standard InChI is InChI=1S/C13H21N3O2/c1-8(2)7-9(3)16(4)12-10(14)5-6-11(15-12)13(17)18/h5-6,8-9H,7,14H2,1-4H3,(H,17,18). The van der Waals surface area contributed by atoms with Gasteiger partial charge in [-0.1, -0.05) is 13.8 Å². The van der Waals surface area contributed by atoms with Crippen LogP contribution >= 0.6 is 0 Å². The summed E-state index contributed by atoms with van der Waals surface area (Å²) >= 11 is 0. The second-order valence-electron chi connectivity index (χ2n) is 5.00. The highest BCUT2D eigenvalue weighted by atomic mass is 16.4. The lowest BCUT2D eigenvalue weighted by molar-refractivity contribution is 0.0690. The normalized spacial score (nSPS) is 12.5. The largest absolute Gasteiger partial charge is 0.477 e. The molecular weight excluding hydrogens is 230 g/mol. The maximum atomic E-state index is 10.9. The summed E-state index contributed by atoms with van der Waals surface area (Å²) in [5.74, 6) is 0.0514. The molecule has 0 fully saturated rings. The number of nitrogens with two attached hydrogens (primary N) is 1. The van der Waals surface area contributed by atoms with Crippen molar-refractivity contribution < 1.29 is 9.90 Å². The fraction of sp³-hybridized carbons (Fsp3) is 0.538. The summed E-state index contributed by atoms with van der Waals surface area (Å²) in [4.78, 5) is 16.9. The van der Waals surface area contributed by atoms with Gasteiger partial charge in [0.15, 0.2) is 11.5 Å². The Bertz CT molecular complexity index is 432. The van der Waals surface area contributed by atoms with Crippen molar-refractivity contribution in [3.05, 3.63) is 17.8 Å². The molecule has 0 amide bonds. The molecule has 0 saturated heterocycles. The highest BCUT2D eigenvalue weighted by Gasteiger charge is 2.17. The van der Waals surface area contributed by atoms with Gasteiger partial charge in [0.25, 0.3) is 0 Å². The Labute approximate surface area is 108 Å². The summed E-state index contributed by atoms with van der Waals surface area (Å²) in [6.07, 6.45) is 0.995. The molecule has 0 bridgehead atoms. The van der Waals surface area contributed by atoms with Crippen LogP contribution < -0.4 is 10.6 Å². The SMILES string of the molecule is CC(C)CC(C)N(C)c1nc(C(=O)O)ccc1N. The Balaban J connectivity index is 3.00. The third kappa shape index (κ3) is 3.35. The first kappa shape index (κ1) is 14.3. The van der Waals surface area contributed by atoms with Gasteiger partial charge in [-0.2, -0.15) is 0 Å². The number of rotatable bonds is 5. The van der Waals surface area contributed by atoms with Crippen molar-refractivity contribution in [2.45, 2.75) is 33.2 Å². The van der Waals surface area contributed by atoms with Crippen LogP contribution in [0.3, 0.4) is 0 Å². The maximum Gasteiger partial charge on any atom is 0.354 e. The van der Waals surface area contributed by atoms with Gasteiger partial charge in [0, 0.05) is 13.1 Å². The van der Waals surface area contributed by atoms with Gasteiger partial charge in [0.05, 0.1) is 5.69 Å². The Hall–Kier alpha value is -1.78. The number of carboxylic acid groups (broad SMARTS) is 1. The van der Waals surface area contributed by atoms with Crippen LogP contribution in [0, 0.1) is 5.92 Å². The minimum Gasteiger partial charge on any atom is -0.477 e. The minimum absolute atomic E-state index is 0.0165. The zero-order valence-electron chi connectivity index (χ0n) is 11.3. The highest BCUT2D eigenvalue weighted by molar-refractivity contribution is 5.86. The van der Waals surface area contributed by atoms with E-state index in [0.717, 1.165) is 6.42 Å². The Morgan fingerprint density at radius 3 is 2.56 bits per heavy atom. The molecule has 5 heteroatoms. The molecule has 5 nitrogen and oxygen atoms in total. The molecule has 0 aliphatic heterocycles. The average Bonchev–Trinajstić information content (AvgIpc) is 2.27. The molecule has 0 aliphatic carbocycles. The number of carbonyl (C=O) groups is 1. The number of nitrogens with zero attached hydrogens (tertiary/aromatic N) is 2. The predicted molar refractivity (Wildman–Crippen MR) is 72.9 cm³/mol. The predicted octanol–water partition coefficient (Wildman–Crippen LogP) is 2.23. The summed E-state index contributed by atoms with van der Waals surface area (Å²) < 4.78 is 0. The number of hydrogen-bond acceptors (Lipinski definition) is 4. The second-order valence-corrected chi connectivity index (χ2v) is 5.00. The van der Waals surface area contributed by atoms with Crippen molar-refractivity contribution in [1.29, 1.82) is 0 Å². The van der Waals surface area contributed by atoms with Crippen molar-refractivity contribution >= 4 is 17.5 Å². The molecule has 18 heavy (non-hydrogen) atoms. The molecule has 0 spiro atoms. The molecule has 0 radical (unpaired) electrons. The van der Waals surface area contributed by atoms with Gasteiger partial charge >= 0.3 is 5.97 Å². The van der Waals surface area contributed by atoms with Crippen molar-refractivity contribution in [2.24, 2.45) is 5.92 Å². The van der Waals surface area contributed by atoms with Crippen LogP contribution in [0.5, 0.6) is 0 Å². The minimum atomic E-state index is -1.04. The van der Waals surface area contributed by atoms with E-state index in [4.69, 9.17) is 10.8 Å². The Morgan fingerprint density at radius 1 is 1.44 bits per heavy atom. The van der Waals surface area contributed by atoms with Crippen molar-refractivity contribution in [1.82, 2.24) is 4.98 Å². The molecule has 0 aliphatic rings. The fourth-order valence-corrected chi connectivity index (χ4v) is 1.91. The van der Waals surface area contributed by atoms with Gasteiger partial charge in [0.1, 0.15) is 0 Å². The first-order valence-electron chi connectivity index (χ1n) is 6.05. The van der Waals surface area contributed by atoms with Gasteiger partial charge in [0.2, 0.25) is 0 Å². The van der Waals surface area contributed by atoms with Crippen molar-refractivity contribution in [2.75, 3.05) is 17.7 Å². The first-order chi connectivity index (χ1) is 8.32. The molecule has 1 heterocycles. The molecule has 0 aromatic carbocycles. The monoisotopic (exact) mass is 251 g/mol. The number of aromatic nitrogens is 1. The van der Waals surface area contributed by atoms with E-state index in [1.807, 2.05) is 11.9 Å². The number of hydrogen-bond donors (Lipinski definition) is 2. The molecule has 1 aromatic heterocycles. The third-order valence-electron chi connectivity index (χ3n) is 2.93. The number of aromatic carboxylic acids is 1. The van der Waals surface area contributed by atoms with Gasteiger partial charge < -0.3 is 15.7 Å². The zero-order valence-corrected chi connectivity index (χ0v) is 11.3. The van der Waals surface area contributed by atoms with Crippen LogP contribution in [0.1, 0.15) is 37.7 Å². The van der Waals surface area contributed by atoms with Gasteiger partial charge in [-0.05, 0) is 31.4 Å². The third-order valence-corrected chi connectivity index (χ3v) is 2.93. The first-order valence-corrected chi connectivity index (χ1v) is 6.05. The van der Waals surface area contributed by atoms with E-state index in [1.165, 1.54) is 6.07 Å². The Morgan fingerprint density at radius 2 is 2.06 bits per heavy atom. The maximum absolute atomic E-state index is 10.9. The molecule has 1 aromatic rings. The van der Waals surface area contributed by atoms with E-state index in [2.05, 4.69) is 25.8 Å². The number of carboxylic acids is 1. The van der Waals surface area contributed by atoms with Crippen LogP contribution in [-0.4, -0.2) is 29.1 Å². The van der Waals surface area contributed by atoms with Crippen molar-refractivity contribution in [3.8, 4) is 0 Å². The summed E-state index contributed by atoms with van der Waals surface area (Å²) in [5, 5.41) is 8.94. The van der Waals surface area contributed by atoms with Gasteiger partial charge in [-0.15, -0.1) is 0 Å². The van der Waals surface area contributed by atoms with Crippen LogP contribution in [0.25, 0.3) is 0 Å². The highest BCUT2D eigenvalue weighted by Crippen LogP contribution is 2.23.